The molecule has 0 unspecified atom stereocenters. The average molecular weight is 384 g/mol. The first kappa shape index (κ1) is 16.8. The molecule has 0 atom stereocenters. The highest BCUT2D eigenvalue weighted by atomic mass is 79.9. The molecule has 0 saturated heterocycles. The minimum absolute atomic E-state index is 0.250. The Morgan fingerprint density at radius 3 is 2.23 bits per heavy atom. The van der Waals surface area contributed by atoms with Crippen molar-refractivity contribution in [1.29, 1.82) is 0 Å². The lowest BCUT2D eigenvalue weighted by Crippen LogP contribution is -2.12. The van der Waals surface area contributed by atoms with Crippen LogP contribution in [-0.4, -0.2) is 20.4 Å². The topological polar surface area (TPSA) is 55.4 Å². The normalized spacial score (nSPS) is 11.2. The molecule has 1 N–H and O–H groups in total. The van der Waals surface area contributed by atoms with Crippen LogP contribution in [0.1, 0.15) is 12.5 Å². The fourth-order valence-corrected chi connectivity index (χ4v) is 3.46. The number of halogens is 1. The average Bonchev–Trinajstić information content (AvgIpc) is 2.50. The molecule has 0 bridgehead atoms. The maximum Gasteiger partial charge on any atom is 0.261 e. The standard InChI is InChI=1S/C16H18BrNO3S/c1-2-21-15-7-5-14(6-8-15)18-22(19,20)16-9-3-13(4-10-16)11-12-17/h3-10,18H,2,11-12H2,1H3. The number of alkyl halides is 1. The van der Waals surface area contributed by atoms with Crippen molar-refractivity contribution in [2.24, 2.45) is 0 Å². The summed E-state index contributed by atoms with van der Waals surface area (Å²) < 4.78 is 32.6. The summed E-state index contributed by atoms with van der Waals surface area (Å²) in [5, 5.41) is 0.851. The number of aryl methyl sites for hydroxylation is 1. The maximum absolute atomic E-state index is 12.3. The Bertz CT molecular complexity index is 697. The molecule has 6 heteroatoms. The van der Waals surface area contributed by atoms with Crippen molar-refractivity contribution < 1.29 is 13.2 Å². The zero-order valence-electron chi connectivity index (χ0n) is 12.3. The van der Waals surface area contributed by atoms with Crippen molar-refractivity contribution in [3.05, 3.63) is 54.1 Å². The number of hydrogen-bond acceptors (Lipinski definition) is 3. The molecule has 22 heavy (non-hydrogen) atoms. The Labute approximate surface area is 139 Å². The van der Waals surface area contributed by atoms with Gasteiger partial charge in [-0.1, -0.05) is 28.1 Å². The van der Waals surface area contributed by atoms with Gasteiger partial charge in [-0.15, -0.1) is 0 Å². The van der Waals surface area contributed by atoms with Crippen molar-refractivity contribution >= 4 is 31.6 Å². The van der Waals surface area contributed by atoms with Gasteiger partial charge in [-0.2, -0.15) is 0 Å². The van der Waals surface area contributed by atoms with Gasteiger partial charge in [0.15, 0.2) is 0 Å². The van der Waals surface area contributed by atoms with Crippen LogP contribution in [0.2, 0.25) is 0 Å². The molecule has 0 aliphatic rings. The predicted molar refractivity (Wildman–Crippen MR) is 92.4 cm³/mol. The molecule has 2 aromatic carbocycles. The Hall–Kier alpha value is -1.53. The van der Waals surface area contributed by atoms with Gasteiger partial charge in [-0.3, -0.25) is 4.72 Å². The Morgan fingerprint density at radius 1 is 1.05 bits per heavy atom. The third-order valence-electron chi connectivity index (χ3n) is 3.03. The summed E-state index contributed by atoms with van der Waals surface area (Å²) in [6, 6.07) is 13.7. The van der Waals surface area contributed by atoms with E-state index in [4.69, 9.17) is 4.74 Å². The fraction of sp³-hybridized carbons (Fsp3) is 0.250. The first-order valence-electron chi connectivity index (χ1n) is 6.96. The Kier molecular flexibility index (Phi) is 5.85. The van der Waals surface area contributed by atoms with Gasteiger partial charge in [0.25, 0.3) is 10.0 Å². The summed E-state index contributed by atoms with van der Waals surface area (Å²) in [5.74, 6) is 0.713. The van der Waals surface area contributed by atoms with E-state index in [-0.39, 0.29) is 4.90 Å². The minimum Gasteiger partial charge on any atom is -0.494 e. The number of benzene rings is 2. The summed E-state index contributed by atoms with van der Waals surface area (Å²) in [4.78, 5) is 0.250. The van der Waals surface area contributed by atoms with Crippen LogP contribution < -0.4 is 9.46 Å². The van der Waals surface area contributed by atoms with Crippen LogP contribution in [0.3, 0.4) is 0 Å². The molecule has 118 valence electrons. The van der Waals surface area contributed by atoms with Gasteiger partial charge in [0.1, 0.15) is 5.75 Å². The maximum atomic E-state index is 12.3. The monoisotopic (exact) mass is 383 g/mol. The second-order valence-electron chi connectivity index (χ2n) is 4.65. The van der Waals surface area contributed by atoms with Gasteiger partial charge >= 0.3 is 0 Å². The lowest BCUT2D eigenvalue weighted by Gasteiger charge is -2.09. The zero-order valence-corrected chi connectivity index (χ0v) is 14.7. The van der Waals surface area contributed by atoms with Crippen LogP contribution in [0, 0.1) is 0 Å². The number of sulfonamides is 1. The summed E-state index contributed by atoms with van der Waals surface area (Å²) in [5.41, 5.74) is 1.60. The van der Waals surface area contributed by atoms with Gasteiger partial charge in [0.2, 0.25) is 0 Å². The second-order valence-corrected chi connectivity index (χ2v) is 7.12. The van der Waals surface area contributed by atoms with Crippen LogP contribution in [0.25, 0.3) is 0 Å². The van der Waals surface area contributed by atoms with E-state index in [0.29, 0.717) is 18.0 Å². The molecule has 0 fully saturated rings. The third-order valence-corrected chi connectivity index (χ3v) is 4.83. The molecule has 0 aliphatic heterocycles. The smallest absolute Gasteiger partial charge is 0.261 e. The number of rotatable bonds is 7. The molecule has 4 nitrogen and oxygen atoms in total. The second kappa shape index (κ2) is 7.65. The SMILES string of the molecule is CCOc1ccc(NS(=O)(=O)c2ccc(CCBr)cc2)cc1. The largest absolute Gasteiger partial charge is 0.494 e. The molecule has 0 amide bonds. The summed E-state index contributed by atoms with van der Waals surface area (Å²) in [6.07, 6.45) is 0.868. The van der Waals surface area contributed by atoms with E-state index in [1.165, 1.54) is 0 Å². The highest BCUT2D eigenvalue weighted by molar-refractivity contribution is 9.09. The Balaban J connectivity index is 2.12. The van der Waals surface area contributed by atoms with Crippen LogP contribution >= 0.6 is 15.9 Å². The first-order valence-corrected chi connectivity index (χ1v) is 9.56. The molecule has 0 radical (unpaired) electrons. The van der Waals surface area contributed by atoms with E-state index in [9.17, 15) is 8.42 Å². The summed E-state index contributed by atoms with van der Waals surface area (Å²) in [6.45, 7) is 2.47. The molecule has 0 aliphatic carbocycles. The molecule has 2 rings (SSSR count). The number of anilines is 1. The van der Waals surface area contributed by atoms with E-state index in [1.807, 2.05) is 19.1 Å². The molecular formula is C16H18BrNO3S. The van der Waals surface area contributed by atoms with Crippen molar-refractivity contribution in [1.82, 2.24) is 0 Å². The Morgan fingerprint density at radius 2 is 1.68 bits per heavy atom. The number of nitrogens with one attached hydrogen (secondary N) is 1. The summed E-state index contributed by atoms with van der Waals surface area (Å²) >= 11 is 3.36. The lowest BCUT2D eigenvalue weighted by molar-refractivity contribution is 0.340. The molecule has 0 aromatic heterocycles. The number of hydrogen-bond donors (Lipinski definition) is 1. The van der Waals surface area contributed by atoms with Crippen molar-refractivity contribution in [2.75, 3.05) is 16.7 Å². The van der Waals surface area contributed by atoms with Gasteiger partial charge in [-0.05, 0) is 55.3 Å². The van der Waals surface area contributed by atoms with E-state index in [2.05, 4.69) is 20.7 Å². The quantitative estimate of drug-likeness (QED) is 0.739. The van der Waals surface area contributed by atoms with E-state index in [1.54, 1.807) is 36.4 Å². The lowest BCUT2D eigenvalue weighted by atomic mass is 10.2. The van der Waals surface area contributed by atoms with Gasteiger partial charge in [0, 0.05) is 11.0 Å². The fourth-order valence-electron chi connectivity index (χ4n) is 1.94. The van der Waals surface area contributed by atoms with Crippen molar-refractivity contribution in [2.45, 2.75) is 18.2 Å². The highest BCUT2D eigenvalue weighted by Crippen LogP contribution is 2.20. The van der Waals surface area contributed by atoms with Crippen LogP contribution in [0.5, 0.6) is 5.75 Å². The van der Waals surface area contributed by atoms with Gasteiger partial charge in [-0.25, -0.2) is 8.42 Å². The first-order chi connectivity index (χ1) is 10.5. The van der Waals surface area contributed by atoms with Gasteiger partial charge in [0.05, 0.1) is 11.5 Å². The third kappa shape index (κ3) is 4.48. The van der Waals surface area contributed by atoms with Crippen LogP contribution in [-0.2, 0) is 16.4 Å². The highest BCUT2D eigenvalue weighted by Gasteiger charge is 2.13. The molecular weight excluding hydrogens is 366 g/mol. The molecule has 2 aromatic rings. The molecule has 0 spiro atoms. The predicted octanol–water partition coefficient (Wildman–Crippen LogP) is 3.82. The summed E-state index contributed by atoms with van der Waals surface area (Å²) in [7, 11) is -3.57. The minimum atomic E-state index is -3.57. The van der Waals surface area contributed by atoms with Crippen LogP contribution in [0.4, 0.5) is 5.69 Å². The van der Waals surface area contributed by atoms with E-state index in [0.717, 1.165) is 17.3 Å². The van der Waals surface area contributed by atoms with Crippen molar-refractivity contribution in [3.8, 4) is 5.75 Å². The zero-order chi connectivity index (χ0) is 16.0. The van der Waals surface area contributed by atoms with Gasteiger partial charge < -0.3 is 4.74 Å². The molecule has 0 saturated carbocycles. The number of ether oxygens (including phenoxy) is 1. The van der Waals surface area contributed by atoms with Crippen LogP contribution in [0.15, 0.2) is 53.4 Å². The van der Waals surface area contributed by atoms with E-state index >= 15 is 0 Å². The molecule has 0 heterocycles. The van der Waals surface area contributed by atoms with E-state index < -0.39 is 10.0 Å². The van der Waals surface area contributed by atoms with Crippen molar-refractivity contribution in [3.63, 3.8) is 0 Å².